The molecular formula is C15H13FO2. The van der Waals surface area contributed by atoms with Crippen LogP contribution < -0.4 is 0 Å². The second kappa shape index (κ2) is 4.61. The molecule has 2 rings (SSSR count). The van der Waals surface area contributed by atoms with Crippen molar-refractivity contribution in [2.75, 3.05) is 0 Å². The summed E-state index contributed by atoms with van der Waals surface area (Å²) >= 11 is 0. The average molecular weight is 244 g/mol. The Morgan fingerprint density at radius 1 is 1.11 bits per heavy atom. The first-order chi connectivity index (χ1) is 8.50. The fourth-order valence-corrected chi connectivity index (χ4v) is 2.08. The molecule has 18 heavy (non-hydrogen) atoms. The molecular weight excluding hydrogens is 231 g/mol. The molecule has 0 aliphatic heterocycles. The minimum atomic E-state index is -1.25. The van der Waals surface area contributed by atoms with E-state index in [1.54, 1.807) is 6.07 Å². The van der Waals surface area contributed by atoms with Crippen molar-refractivity contribution in [2.45, 2.75) is 13.8 Å². The van der Waals surface area contributed by atoms with Crippen LogP contribution in [0.2, 0.25) is 0 Å². The molecule has 0 atom stereocenters. The van der Waals surface area contributed by atoms with Gasteiger partial charge in [-0.05, 0) is 36.6 Å². The second-order valence-corrected chi connectivity index (χ2v) is 4.29. The Morgan fingerprint density at radius 2 is 1.83 bits per heavy atom. The summed E-state index contributed by atoms with van der Waals surface area (Å²) in [6.45, 7) is 3.85. The van der Waals surface area contributed by atoms with Gasteiger partial charge in [-0.3, -0.25) is 0 Å². The predicted octanol–water partition coefficient (Wildman–Crippen LogP) is 3.81. The highest BCUT2D eigenvalue weighted by Crippen LogP contribution is 2.29. The number of aryl methyl sites for hydroxylation is 2. The number of hydrogen-bond donors (Lipinski definition) is 1. The second-order valence-electron chi connectivity index (χ2n) is 4.29. The zero-order chi connectivity index (χ0) is 13.3. The number of halogens is 1. The lowest BCUT2D eigenvalue weighted by atomic mass is 9.94. The van der Waals surface area contributed by atoms with Crippen LogP contribution in [0.5, 0.6) is 0 Å². The first-order valence-electron chi connectivity index (χ1n) is 5.60. The number of carboxylic acids is 1. The summed E-state index contributed by atoms with van der Waals surface area (Å²) in [5.41, 5.74) is 2.91. The van der Waals surface area contributed by atoms with E-state index >= 15 is 0 Å². The van der Waals surface area contributed by atoms with Crippen molar-refractivity contribution in [3.63, 3.8) is 0 Å². The third kappa shape index (κ3) is 2.12. The normalized spacial score (nSPS) is 10.4. The number of benzene rings is 2. The van der Waals surface area contributed by atoms with Gasteiger partial charge in [0.05, 0.1) is 0 Å². The summed E-state index contributed by atoms with van der Waals surface area (Å²) in [5, 5.41) is 9.11. The van der Waals surface area contributed by atoms with Crippen molar-refractivity contribution in [1.29, 1.82) is 0 Å². The molecule has 0 heterocycles. The Kier molecular flexibility index (Phi) is 3.15. The van der Waals surface area contributed by atoms with Gasteiger partial charge in [0.25, 0.3) is 0 Å². The van der Waals surface area contributed by atoms with E-state index in [0.717, 1.165) is 22.8 Å². The van der Waals surface area contributed by atoms with Gasteiger partial charge in [-0.1, -0.05) is 35.9 Å². The van der Waals surface area contributed by atoms with E-state index in [2.05, 4.69) is 0 Å². The fraction of sp³-hybridized carbons (Fsp3) is 0.133. The molecule has 92 valence electrons. The first kappa shape index (κ1) is 12.3. The Bertz CT molecular complexity index is 618. The molecule has 2 aromatic rings. The molecule has 0 saturated carbocycles. The largest absolute Gasteiger partial charge is 0.478 e. The van der Waals surface area contributed by atoms with Crippen LogP contribution in [0.3, 0.4) is 0 Å². The SMILES string of the molecule is Cc1ccc(-c2cccc(F)c2C(=O)O)c(C)c1. The Labute approximate surface area is 105 Å². The number of carbonyl (C=O) groups is 1. The van der Waals surface area contributed by atoms with Crippen LogP contribution in [0.25, 0.3) is 11.1 Å². The van der Waals surface area contributed by atoms with Crippen LogP contribution in [0.15, 0.2) is 36.4 Å². The van der Waals surface area contributed by atoms with Gasteiger partial charge in [0, 0.05) is 0 Å². The van der Waals surface area contributed by atoms with E-state index in [1.165, 1.54) is 6.07 Å². The molecule has 3 heteroatoms. The topological polar surface area (TPSA) is 37.3 Å². The number of carboxylic acid groups (broad SMARTS) is 1. The molecule has 0 unspecified atom stereocenters. The van der Waals surface area contributed by atoms with Gasteiger partial charge < -0.3 is 5.11 Å². The van der Waals surface area contributed by atoms with E-state index in [4.69, 9.17) is 5.11 Å². The van der Waals surface area contributed by atoms with Gasteiger partial charge in [-0.25, -0.2) is 9.18 Å². The van der Waals surface area contributed by atoms with Crippen LogP contribution in [0, 0.1) is 19.7 Å². The van der Waals surface area contributed by atoms with Crippen LogP contribution >= 0.6 is 0 Å². The van der Waals surface area contributed by atoms with Crippen molar-refractivity contribution >= 4 is 5.97 Å². The number of hydrogen-bond acceptors (Lipinski definition) is 1. The number of rotatable bonds is 2. The highest BCUT2D eigenvalue weighted by molar-refractivity contribution is 5.96. The first-order valence-corrected chi connectivity index (χ1v) is 5.60. The lowest BCUT2D eigenvalue weighted by Gasteiger charge is -2.10. The summed E-state index contributed by atoms with van der Waals surface area (Å²) in [5.74, 6) is -1.96. The van der Waals surface area contributed by atoms with Crippen LogP contribution in [-0.4, -0.2) is 11.1 Å². The van der Waals surface area contributed by atoms with Crippen molar-refractivity contribution in [3.8, 4) is 11.1 Å². The minimum Gasteiger partial charge on any atom is -0.478 e. The van der Waals surface area contributed by atoms with Crippen molar-refractivity contribution in [3.05, 3.63) is 58.9 Å². The summed E-state index contributed by atoms with van der Waals surface area (Å²) in [6, 6.07) is 9.98. The van der Waals surface area contributed by atoms with E-state index in [1.807, 2.05) is 32.0 Å². The molecule has 0 saturated heterocycles. The van der Waals surface area contributed by atoms with Gasteiger partial charge in [-0.15, -0.1) is 0 Å². The van der Waals surface area contributed by atoms with Gasteiger partial charge in [-0.2, -0.15) is 0 Å². The number of aromatic carboxylic acids is 1. The monoisotopic (exact) mass is 244 g/mol. The zero-order valence-electron chi connectivity index (χ0n) is 10.2. The van der Waals surface area contributed by atoms with Gasteiger partial charge >= 0.3 is 5.97 Å². The molecule has 0 aliphatic carbocycles. The van der Waals surface area contributed by atoms with Crippen molar-refractivity contribution in [1.82, 2.24) is 0 Å². The predicted molar refractivity (Wildman–Crippen MR) is 68.3 cm³/mol. The summed E-state index contributed by atoms with van der Waals surface area (Å²) in [4.78, 5) is 11.2. The molecule has 2 aromatic carbocycles. The molecule has 0 aromatic heterocycles. The Morgan fingerprint density at radius 3 is 2.44 bits per heavy atom. The zero-order valence-corrected chi connectivity index (χ0v) is 10.2. The quantitative estimate of drug-likeness (QED) is 0.872. The fourth-order valence-electron chi connectivity index (χ4n) is 2.08. The van der Waals surface area contributed by atoms with E-state index in [9.17, 15) is 9.18 Å². The molecule has 0 radical (unpaired) electrons. The summed E-state index contributed by atoms with van der Waals surface area (Å²) < 4.78 is 13.6. The van der Waals surface area contributed by atoms with E-state index in [-0.39, 0.29) is 5.56 Å². The molecule has 0 fully saturated rings. The molecule has 0 amide bonds. The summed E-state index contributed by atoms with van der Waals surface area (Å²) in [7, 11) is 0. The van der Waals surface area contributed by atoms with Crippen molar-refractivity contribution < 1.29 is 14.3 Å². The van der Waals surface area contributed by atoms with Crippen LogP contribution in [0.4, 0.5) is 4.39 Å². The highest BCUT2D eigenvalue weighted by atomic mass is 19.1. The maximum absolute atomic E-state index is 13.6. The van der Waals surface area contributed by atoms with E-state index < -0.39 is 11.8 Å². The van der Waals surface area contributed by atoms with E-state index in [0.29, 0.717) is 5.56 Å². The smallest absolute Gasteiger partial charge is 0.339 e. The maximum atomic E-state index is 13.6. The molecule has 1 N–H and O–H groups in total. The van der Waals surface area contributed by atoms with Gasteiger partial charge in [0.2, 0.25) is 0 Å². The van der Waals surface area contributed by atoms with Crippen molar-refractivity contribution in [2.24, 2.45) is 0 Å². The maximum Gasteiger partial charge on any atom is 0.339 e. The Hall–Kier alpha value is -2.16. The van der Waals surface area contributed by atoms with Gasteiger partial charge in [0.15, 0.2) is 0 Å². The molecule has 0 aliphatic rings. The minimum absolute atomic E-state index is 0.274. The molecule has 2 nitrogen and oxygen atoms in total. The standard InChI is InChI=1S/C15H13FO2/c1-9-6-7-11(10(2)8-9)12-4-3-5-13(16)14(12)15(17)18/h3-8H,1-2H3,(H,17,18). The summed E-state index contributed by atoms with van der Waals surface area (Å²) in [6.07, 6.45) is 0. The molecule has 0 spiro atoms. The Balaban J connectivity index is 2.71. The lowest BCUT2D eigenvalue weighted by molar-refractivity contribution is 0.0693. The lowest BCUT2D eigenvalue weighted by Crippen LogP contribution is -2.04. The average Bonchev–Trinajstić information content (AvgIpc) is 2.28. The van der Waals surface area contributed by atoms with Crippen LogP contribution in [0.1, 0.15) is 21.5 Å². The van der Waals surface area contributed by atoms with Crippen LogP contribution in [-0.2, 0) is 0 Å². The third-order valence-electron chi connectivity index (χ3n) is 2.90. The highest BCUT2D eigenvalue weighted by Gasteiger charge is 2.17. The van der Waals surface area contributed by atoms with Gasteiger partial charge in [0.1, 0.15) is 11.4 Å². The molecule has 0 bridgehead atoms. The third-order valence-corrected chi connectivity index (χ3v) is 2.90.